The first-order valence-corrected chi connectivity index (χ1v) is 30.9. The number of thioether (sulfide) groups is 1. The number of allylic oxidation sites excluding steroid dienone is 3. The molecule has 488 valence electrons. The number of likely N-dealkylation sites (N-methyl/N-ethyl adjacent to an activating group) is 1. The highest BCUT2D eigenvalue weighted by atomic mass is 35.5. The van der Waals surface area contributed by atoms with Gasteiger partial charge in [0.2, 0.25) is 47.3 Å². The Morgan fingerprint density at radius 1 is 0.977 bits per heavy atom. The standard InChI is InChI=1S/C59H87ClN10O17S/c1-32-12-11-14-41(83-7)39-25-42(85-58(82)68-39)33(2)53-59(4,87-53)45(27-51(76)70(6)40-23-36(22-32)24-43(84-8)52(40)60)86-57(81)34(3)69(5)50(75)19-21-88-44(56(79)80)26-46(71)64-29-35-15-17-37(18-16-35)55(78)63-20-10-9-13-38(54(62)77)67-49(74)31-66-48(73)30-65-47(72)28-61/h11-12,14,23-24,33-35,37-39,41-42,44-45,53H,9-10,13,15-22,25-31,61H2,1-8H3,(H2,62,77)(H,63,78)(H,64,71)(H,65,72)(H,66,73)(H,67,74)(H,68,82)(H,79,80)/b14-11+,32-12+/t33-,34+,35?,37?,38?,39?,41-,42?,44+,45+,53?,59?/m1/s1. The molecule has 2 saturated heterocycles. The molecule has 0 aromatic heterocycles. The van der Waals surface area contributed by atoms with E-state index in [0.717, 1.165) is 22.9 Å². The normalized spacial score (nSPS) is 25.6. The molecule has 29 heteroatoms. The van der Waals surface area contributed by atoms with Crippen molar-refractivity contribution in [1.82, 2.24) is 36.8 Å². The van der Waals surface area contributed by atoms with Crippen LogP contribution in [0.15, 0.2) is 35.9 Å². The lowest BCUT2D eigenvalue weighted by atomic mass is 9.81. The Morgan fingerprint density at radius 3 is 2.33 bits per heavy atom. The number of epoxide rings is 1. The number of anilines is 1. The highest BCUT2D eigenvalue weighted by Gasteiger charge is 2.64. The van der Waals surface area contributed by atoms with Crippen molar-refractivity contribution in [2.45, 2.75) is 158 Å². The average molecular weight is 1280 g/mol. The predicted octanol–water partition coefficient (Wildman–Crippen LogP) is 1.53. The van der Waals surface area contributed by atoms with Crippen molar-refractivity contribution in [3.05, 3.63) is 46.5 Å². The summed E-state index contributed by atoms with van der Waals surface area (Å²) in [5.74, 6) is -6.60. The van der Waals surface area contributed by atoms with Crippen molar-refractivity contribution < 1.29 is 81.5 Å². The fourth-order valence-electron chi connectivity index (χ4n) is 10.8. The lowest BCUT2D eigenvalue weighted by molar-refractivity contribution is -0.162. The number of primary amides is 1. The molecule has 1 aromatic carbocycles. The Bertz CT molecular complexity index is 2770. The zero-order chi connectivity index (χ0) is 65.0. The maximum atomic E-state index is 14.4. The number of halogens is 1. The predicted molar refractivity (Wildman–Crippen MR) is 324 cm³/mol. The van der Waals surface area contributed by atoms with Crippen LogP contribution in [0.4, 0.5) is 10.5 Å². The van der Waals surface area contributed by atoms with E-state index in [-0.39, 0.29) is 73.8 Å². The van der Waals surface area contributed by atoms with Crippen molar-refractivity contribution in [2.24, 2.45) is 29.2 Å². The number of aliphatic carboxylic acids is 1. The molecule has 1 aromatic rings. The van der Waals surface area contributed by atoms with Gasteiger partial charge in [-0.2, -0.15) is 0 Å². The number of benzene rings is 1. The van der Waals surface area contributed by atoms with E-state index in [1.165, 1.54) is 30.9 Å². The molecule has 10 atom stereocenters. The number of hydrogen-bond acceptors (Lipinski definition) is 18. The van der Waals surface area contributed by atoms with Gasteiger partial charge in [0.05, 0.1) is 57.1 Å². The van der Waals surface area contributed by atoms with E-state index in [0.29, 0.717) is 69.3 Å². The second kappa shape index (κ2) is 34.1. The number of rotatable bonds is 27. The molecule has 5 unspecified atom stereocenters. The van der Waals surface area contributed by atoms with E-state index in [1.54, 1.807) is 33.2 Å². The summed E-state index contributed by atoms with van der Waals surface area (Å²) in [5, 5.41) is 24.7. The van der Waals surface area contributed by atoms with Gasteiger partial charge in [0.15, 0.2) is 0 Å². The Kier molecular flexibility index (Phi) is 27.8. The minimum absolute atomic E-state index is 0.000453. The molecule has 3 fully saturated rings. The molecule has 0 radical (unpaired) electrons. The molecular formula is C59H87ClN10O17S. The van der Waals surface area contributed by atoms with Gasteiger partial charge in [0, 0.05) is 71.1 Å². The third-order valence-electron chi connectivity index (χ3n) is 16.5. The van der Waals surface area contributed by atoms with Crippen LogP contribution in [0.25, 0.3) is 0 Å². The summed E-state index contributed by atoms with van der Waals surface area (Å²) in [4.78, 5) is 143. The first-order valence-electron chi connectivity index (χ1n) is 29.5. The van der Waals surface area contributed by atoms with Gasteiger partial charge >= 0.3 is 18.0 Å². The van der Waals surface area contributed by atoms with Crippen LogP contribution in [0, 0.1) is 17.8 Å². The van der Waals surface area contributed by atoms with Crippen LogP contribution in [-0.4, -0.2) is 195 Å². The van der Waals surface area contributed by atoms with Gasteiger partial charge in [-0.3, -0.25) is 43.2 Å². The minimum Gasteiger partial charge on any atom is -0.495 e. The van der Waals surface area contributed by atoms with Crippen molar-refractivity contribution >= 4 is 94.3 Å². The molecule has 4 bridgehead atoms. The largest absolute Gasteiger partial charge is 0.495 e. The number of unbranched alkanes of at least 4 members (excludes halogenated alkanes) is 1. The van der Waals surface area contributed by atoms with Crippen molar-refractivity contribution in [2.75, 3.05) is 71.7 Å². The fraction of sp³-hybridized carbons (Fsp3) is 0.644. The van der Waals surface area contributed by atoms with Crippen LogP contribution in [-0.2, 0) is 73.3 Å². The number of carbonyl (C=O) groups excluding carboxylic acids is 10. The summed E-state index contributed by atoms with van der Waals surface area (Å²) < 4.78 is 29.7. The van der Waals surface area contributed by atoms with E-state index in [1.807, 2.05) is 32.1 Å². The number of carbonyl (C=O) groups is 11. The van der Waals surface area contributed by atoms with Crippen molar-refractivity contribution in [1.29, 1.82) is 0 Å². The van der Waals surface area contributed by atoms with Crippen LogP contribution in [0.2, 0.25) is 5.02 Å². The van der Waals surface area contributed by atoms with Gasteiger partial charge in [-0.05, 0) is 95.8 Å². The number of carboxylic acid groups (broad SMARTS) is 1. The molecule has 5 rings (SSSR count). The van der Waals surface area contributed by atoms with Crippen molar-refractivity contribution in [3.63, 3.8) is 0 Å². The summed E-state index contributed by atoms with van der Waals surface area (Å²) in [6.07, 6.45) is 5.39. The van der Waals surface area contributed by atoms with Gasteiger partial charge < -0.3 is 82.0 Å². The Hall–Kier alpha value is -7.01. The smallest absolute Gasteiger partial charge is 0.407 e. The van der Waals surface area contributed by atoms with Gasteiger partial charge in [0.1, 0.15) is 45.9 Å². The number of alkyl carbamates (subject to hydrolysis) is 1. The number of nitrogens with zero attached hydrogens (tertiary/aromatic N) is 2. The van der Waals surface area contributed by atoms with E-state index in [9.17, 15) is 57.8 Å². The third kappa shape index (κ3) is 21.1. The highest BCUT2D eigenvalue weighted by molar-refractivity contribution is 8.00. The Morgan fingerprint density at radius 2 is 1.67 bits per heavy atom. The monoisotopic (exact) mass is 1270 g/mol. The topological polar surface area (TPSA) is 388 Å². The zero-order valence-corrected chi connectivity index (χ0v) is 52.9. The number of nitrogens with two attached hydrogens (primary N) is 2. The van der Waals surface area contributed by atoms with E-state index >= 15 is 0 Å². The van der Waals surface area contributed by atoms with Gasteiger partial charge in [0.25, 0.3) is 0 Å². The molecule has 3 aliphatic heterocycles. The number of ether oxygens (including phenoxy) is 5. The number of methoxy groups -OCH3 is 2. The molecule has 27 nitrogen and oxygen atoms in total. The molecule has 0 spiro atoms. The quantitative estimate of drug-likeness (QED) is 0.0343. The molecule has 4 aliphatic rings. The molecule has 9 amide bonds. The van der Waals surface area contributed by atoms with E-state index in [4.69, 9.17) is 46.8 Å². The fourth-order valence-corrected chi connectivity index (χ4v) is 12.1. The van der Waals surface area contributed by atoms with Crippen LogP contribution in [0.5, 0.6) is 5.75 Å². The summed E-state index contributed by atoms with van der Waals surface area (Å²) >= 11 is 7.74. The summed E-state index contributed by atoms with van der Waals surface area (Å²) in [5.41, 5.74) is 11.5. The summed E-state index contributed by atoms with van der Waals surface area (Å²) in [7, 11) is 5.97. The number of amides is 9. The Labute approximate surface area is 521 Å². The number of carboxylic acids is 1. The molecular weight excluding hydrogens is 1190 g/mol. The van der Waals surface area contributed by atoms with Crippen LogP contribution < -0.4 is 53.0 Å². The first kappa shape index (κ1) is 71.7. The highest BCUT2D eigenvalue weighted by Crippen LogP contribution is 2.49. The average Bonchev–Trinajstić information content (AvgIpc) is 2.19. The lowest BCUT2D eigenvalue weighted by Gasteiger charge is -2.36. The number of esters is 1. The third-order valence-corrected chi connectivity index (χ3v) is 18.1. The molecule has 88 heavy (non-hydrogen) atoms. The van der Waals surface area contributed by atoms with Crippen molar-refractivity contribution in [3.8, 4) is 5.75 Å². The molecule has 3 heterocycles. The second-order valence-corrected chi connectivity index (χ2v) is 24.6. The summed E-state index contributed by atoms with van der Waals surface area (Å²) in [6.45, 7) is 6.46. The first-order chi connectivity index (χ1) is 41.7. The van der Waals surface area contributed by atoms with E-state index in [2.05, 4.69) is 31.9 Å². The lowest BCUT2D eigenvalue weighted by Crippen LogP contribution is -2.53. The second-order valence-electron chi connectivity index (χ2n) is 22.9. The molecule has 1 saturated carbocycles. The van der Waals surface area contributed by atoms with E-state index < -0.39 is 125 Å². The van der Waals surface area contributed by atoms with Crippen LogP contribution >= 0.6 is 23.4 Å². The number of fused-ring (bicyclic) bond motifs is 5. The van der Waals surface area contributed by atoms with Crippen LogP contribution in [0.1, 0.15) is 104 Å². The van der Waals surface area contributed by atoms with Gasteiger partial charge in [-0.15, -0.1) is 11.8 Å². The minimum atomic E-state index is -1.26. The van der Waals surface area contributed by atoms with Crippen LogP contribution in [0.3, 0.4) is 0 Å². The number of hydrogen-bond donors (Lipinski definition) is 9. The molecule has 1 aliphatic carbocycles. The Balaban J connectivity index is 1.08. The van der Waals surface area contributed by atoms with Gasteiger partial charge in [-0.1, -0.05) is 42.3 Å². The van der Waals surface area contributed by atoms with Gasteiger partial charge in [-0.25, -0.2) is 9.59 Å². The molecule has 11 N–H and O–H groups in total. The zero-order valence-electron chi connectivity index (χ0n) is 51.3. The summed E-state index contributed by atoms with van der Waals surface area (Å²) in [6, 6.07) is 0.912. The SMILES string of the molecule is COc1cc2cc(c1Cl)N(C)C(=O)C[C@H](OC(=O)[C@H](C)N(C)C(=O)CCS[C@@H](CC(=O)NCC1CCC(C(=O)NCCCCC(NC(=O)CNC(=O)CNC(=O)CN)C(N)=O)CC1)C(=O)O)C1(C)OC1[C@H](C)C1CC(NC(=O)O1)[C@H](OC)/C=C/C=C(\C)C2. The maximum absolute atomic E-state index is 14.4. The maximum Gasteiger partial charge on any atom is 0.407 e. The number of nitrogens with one attached hydrogen (secondary N) is 6.